The molecule has 0 radical (unpaired) electrons. The zero-order chi connectivity index (χ0) is 18.8. The summed E-state index contributed by atoms with van der Waals surface area (Å²) < 4.78 is 2.38. The molecule has 1 aromatic carbocycles. The summed E-state index contributed by atoms with van der Waals surface area (Å²) in [5.74, 6) is 2.21. The van der Waals surface area contributed by atoms with Crippen LogP contribution < -0.4 is 5.32 Å². The van der Waals surface area contributed by atoms with Gasteiger partial charge in [-0.1, -0.05) is 26.0 Å². The molecule has 0 spiro atoms. The second-order valence-corrected chi connectivity index (χ2v) is 9.81. The van der Waals surface area contributed by atoms with Gasteiger partial charge in [0.25, 0.3) is 11.1 Å². The molecule has 4 nitrogen and oxygen atoms in total. The summed E-state index contributed by atoms with van der Waals surface area (Å²) >= 11 is 0.972. The fourth-order valence-corrected chi connectivity index (χ4v) is 6.20. The molecule has 0 unspecified atom stereocenters. The maximum atomic E-state index is 11.9. The van der Waals surface area contributed by atoms with Gasteiger partial charge >= 0.3 is 0 Å². The van der Waals surface area contributed by atoms with Crippen LogP contribution in [0.5, 0.6) is 0 Å². The van der Waals surface area contributed by atoms with Crippen molar-refractivity contribution in [2.24, 2.45) is 23.2 Å². The Hall–Kier alpha value is -2.01. The van der Waals surface area contributed by atoms with Gasteiger partial charge in [-0.3, -0.25) is 14.9 Å². The third kappa shape index (κ3) is 2.66. The summed E-state index contributed by atoms with van der Waals surface area (Å²) in [4.78, 5) is 23.8. The van der Waals surface area contributed by atoms with Gasteiger partial charge in [-0.25, -0.2) is 0 Å². The normalized spacial score (nSPS) is 30.6. The van der Waals surface area contributed by atoms with Crippen LogP contribution in [0.25, 0.3) is 17.0 Å². The smallest absolute Gasteiger partial charge is 0.290 e. The van der Waals surface area contributed by atoms with E-state index >= 15 is 0 Å². The van der Waals surface area contributed by atoms with Gasteiger partial charge in [-0.15, -0.1) is 0 Å². The number of carbonyl (C=O) groups excluding carboxylic acids is 2. The van der Waals surface area contributed by atoms with Crippen LogP contribution in [0.4, 0.5) is 4.79 Å². The highest BCUT2D eigenvalue weighted by atomic mass is 32.2. The van der Waals surface area contributed by atoms with Crippen LogP contribution in [0, 0.1) is 23.2 Å². The van der Waals surface area contributed by atoms with E-state index in [2.05, 4.69) is 42.1 Å². The highest BCUT2D eigenvalue weighted by Gasteiger charge is 2.53. The first-order chi connectivity index (χ1) is 12.9. The molecular formula is C22H24N2O2S. The van der Waals surface area contributed by atoms with Gasteiger partial charge in [0.1, 0.15) is 0 Å². The first-order valence-corrected chi connectivity index (χ1v) is 10.6. The van der Waals surface area contributed by atoms with E-state index in [-0.39, 0.29) is 11.1 Å². The average molecular weight is 381 g/mol. The first kappa shape index (κ1) is 17.1. The Labute approximate surface area is 163 Å². The lowest BCUT2D eigenvalue weighted by molar-refractivity contribution is -0.115. The number of nitrogens with one attached hydrogen (secondary N) is 1. The number of thioether (sulfide) groups is 1. The Morgan fingerprint density at radius 1 is 1.26 bits per heavy atom. The quantitative estimate of drug-likeness (QED) is 0.759. The van der Waals surface area contributed by atoms with Crippen molar-refractivity contribution in [1.82, 2.24) is 9.88 Å². The average Bonchev–Trinajstić information content (AvgIpc) is 3.18. The van der Waals surface area contributed by atoms with E-state index in [9.17, 15) is 9.59 Å². The lowest BCUT2D eigenvalue weighted by Gasteiger charge is -2.60. The topological polar surface area (TPSA) is 51.1 Å². The van der Waals surface area contributed by atoms with Crippen LogP contribution in [-0.2, 0) is 11.3 Å². The Kier molecular flexibility index (Phi) is 3.80. The zero-order valence-electron chi connectivity index (χ0n) is 15.7. The molecule has 2 aromatic rings. The second-order valence-electron chi connectivity index (χ2n) is 8.80. The number of carbonyl (C=O) groups is 2. The number of benzene rings is 1. The molecule has 27 heavy (non-hydrogen) atoms. The molecule has 3 saturated carbocycles. The summed E-state index contributed by atoms with van der Waals surface area (Å²) in [6.45, 7) is 5.96. The fraction of sp³-hybridized carbons (Fsp3) is 0.455. The Morgan fingerprint density at radius 3 is 2.81 bits per heavy atom. The molecule has 140 valence electrons. The third-order valence-electron chi connectivity index (χ3n) is 7.21. The minimum absolute atomic E-state index is 0.297. The number of aromatic nitrogens is 1. The van der Waals surface area contributed by atoms with E-state index in [1.165, 1.54) is 24.8 Å². The van der Waals surface area contributed by atoms with Crippen LogP contribution >= 0.6 is 11.8 Å². The summed E-state index contributed by atoms with van der Waals surface area (Å²) in [6, 6.07) is 8.34. The van der Waals surface area contributed by atoms with Crippen molar-refractivity contribution in [1.29, 1.82) is 0 Å². The number of hydrogen-bond acceptors (Lipinski definition) is 3. The van der Waals surface area contributed by atoms with Gasteiger partial charge in [0.05, 0.1) is 4.91 Å². The van der Waals surface area contributed by atoms with Crippen LogP contribution in [0.2, 0.25) is 0 Å². The SMILES string of the molecule is CC1(C)[C@H]2CC[C@H](Cn3ccc4c(/C=C5\SC(=O)NC5=O)cccc43)[C@@H]1C2. The van der Waals surface area contributed by atoms with E-state index < -0.39 is 0 Å². The highest BCUT2D eigenvalue weighted by molar-refractivity contribution is 8.18. The summed E-state index contributed by atoms with van der Waals surface area (Å²) in [7, 11) is 0. The maximum absolute atomic E-state index is 11.9. The number of rotatable bonds is 3. The standard InChI is InChI=1S/C22H24N2O2S/c1-22(2)15-7-6-14(17(22)11-15)12-24-9-8-16-13(4-3-5-18(16)24)10-19-20(25)23-21(26)27-19/h3-5,8-10,14-15,17H,6-7,11-12H2,1-2H3,(H,23,25,26)/b19-10-/t14-,15+,17+/m1/s1. The zero-order valence-corrected chi connectivity index (χ0v) is 16.5. The van der Waals surface area contributed by atoms with Crippen molar-refractivity contribution in [2.45, 2.75) is 39.7 Å². The van der Waals surface area contributed by atoms with Crippen LogP contribution in [0.3, 0.4) is 0 Å². The third-order valence-corrected chi connectivity index (χ3v) is 8.02. The van der Waals surface area contributed by atoms with Gasteiger partial charge in [-0.2, -0.15) is 0 Å². The number of imide groups is 1. The molecule has 4 fully saturated rings. The van der Waals surface area contributed by atoms with Gasteiger partial charge in [-0.05, 0) is 78.0 Å². The largest absolute Gasteiger partial charge is 0.347 e. The second kappa shape index (κ2) is 5.99. The van der Waals surface area contributed by atoms with Crippen molar-refractivity contribution in [3.8, 4) is 0 Å². The molecule has 2 amide bonds. The van der Waals surface area contributed by atoms with E-state index in [0.717, 1.165) is 47.0 Å². The summed E-state index contributed by atoms with van der Waals surface area (Å²) in [5, 5.41) is 3.16. The molecule has 2 bridgehead atoms. The lowest BCUT2D eigenvalue weighted by atomic mass is 9.45. The monoisotopic (exact) mass is 380 g/mol. The van der Waals surface area contributed by atoms with Crippen molar-refractivity contribution in [3.05, 3.63) is 40.9 Å². The van der Waals surface area contributed by atoms with E-state index in [0.29, 0.717) is 10.3 Å². The van der Waals surface area contributed by atoms with Crippen molar-refractivity contribution in [3.63, 3.8) is 0 Å². The lowest BCUT2D eigenvalue weighted by Crippen LogP contribution is -2.53. The number of hydrogen-bond donors (Lipinski definition) is 1. The van der Waals surface area contributed by atoms with Crippen molar-refractivity contribution in [2.75, 3.05) is 0 Å². The number of fused-ring (bicyclic) bond motifs is 3. The van der Waals surface area contributed by atoms with Crippen LogP contribution in [0.1, 0.15) is 38.7 Å². The molecule has 1 N–H and O–H groups in total. The number of amides is 2. The van der Waals surface area contributed by atoms with Gasteiger partial charge in [0.2, 0.25) is 0 Å². The number of nitrogens with zero attached hydrogens (tertiary/aromatic N) is 1. The fourth-order valence-electron chi connectivity index (χ4n) is 5.53. The first-order valence-electron chi connectivity index (χ1n) is 9.76. The Balaban J connectivity index is 1.45. The van der Waals surface area contributed by atoms with Crippen molar-refractivity contribution >= 4 is 39.9 Å². The van der Waals surface area contributed by atoms with E-state index in [4.69, 9.17) is 0 Å². The summed E-state index contributed by atoms with van der Waals surface area (Å²) in [6.07, 6.45) is 8.11. The van der Waals surface area contributed by atoms with E-state index in [1.807, 2.05) is 18.2 Å². The molecule has 1 aromatic heterocycles. The van der Waals surface area contributed by atoms with Gasteiger partial charge in [0, 0.05) is 23.6 Å². The Morgan fingerprint density at radius 2 is 2.11 bits per heavy atom. The maximum Gasteiger partial charge on any atom is 0.290 e. The van der Waals surface area contributed by atoms with E-state index in [1.54, 1.807) is 0 Å². The molecule has 5 heteroatoms. The van der Waals surface area contributed by atoms with Gasteiger partial charge < -0.3 is 4.57 Å². The Bertz CT molecular complexity index is 985. The highest BCUT2D eigenvalue weighted by Crippen LogP contribution is 2.61. The van der Waals surface area contributed by atoms with Crippen LogP contribution in [-0.4, -0.2) is 15.7 Å². The molecular weight excluding hydrogens is 356 g/mol. The van der Waals surface area contributed by atoms with Crippen molar-refractivity contribution < 1.29 is 9.59 Å². The molecule has 6 rings (SSSR count). The molecule has 3 aliphatic carbocycles. The molecule has 3 atom stereocenters. The molecule has 4 aliphatic rings. The minimum Gasteiger partial charge on any atom is -0.347 e. The predicted molar refractivity (Wildman–Crippen MR) is 109 cm³/mol. The summed E-state index contributed by atoms with van der Waals surface area (Å²) in [5.41, 5.74) is 2.70. The predicted octanol–water partition coefficient (Wildman–Crippen LogP) is 5.04. The molecule has 1 saturated heterocycles. The molecule has 1 aliphatic heterocycles. The minimum atomic E-state index is -0.301. The molecule has 2 heterocycles. The van der Waals surface area contributed by atoms with Crippen LogP contribution in [0.15, 0.2) is 35.4 Å². The van der Waals surface area contributed by atoms with Gasteiger partial charge in [0.15, 0.2) is 0 Å².